The van der Waals surface area contributed by atoms with Crippen molar-refractivity contribution in [2.24, 2.45) is 0 Å². The number of piperazine rings is 1. The Morgan fingerprint density at radius 3 is 2.48 bits per heavy atom. The molecule has 0 bridgehead atoms. The van der Waals surface area contributed by atoms with Crippen LogP contribution in [0.5, 0.6) is 0 Å². The summed E-state index contributed by atoms with van der Waals surface area (Å²) in [5, 5.41) is 3.30. The average molecular weight is 589 g/mol. The number of nitrogens with one attached hydrogen (secondary N) is 1. The summed E-state index contributed by atoms with van der Waals surface area (Å²) in [5.41, 5.74) is -0.646. The van der Waals surface area contributed by atoms with E-state index >= 15 is 0 Å². The Morgan fingerprint density at radius 2 is 1.75 bits per heavy atom. The van der Waals surface area contributed by atoms with Gasteiger partial charge in [-0.05, 0) is 31.3 Å². The highest BCUT2D eigenvalue weighted by Crippen LogP contribution is 2.43. The van der Waals surface area contributed by atoms with Gasteiger partial charge in [0.1, 0.15) is 5.39 Å². The number of para-hydroxylation sites is 1. The number of fused-ring (bicyclic) bond motifs is 3. The number of nitrogens with zero attached hydrogens (tertiary/aromatic N) is 7. The molecule has 0 atom stereocenters. The van der Waals surface area contributed by atoms with E-state index in [9.17, 15) is 18.0 Å². The van der Waals surface area contributed by atoms with E-state index in [-0.39, 0.29) is 39.2 Å². The first-order valence-electron chi connectivity index (χ1n) is 12.2. The molecule has 9 nitrogen and oxygen atoms in total. The summed E-state index contributed by atoms with van der Waals surface area (Å²) in [6.45, 7) is 2.10. The lowest BCUT2D eigenvalue weighted by molar-refractivity contribution is -0.137. The second-order valence-electron chi connectivity index (χ2n) is 9.39. The zero-order valence-corrected chi connectivity index (χ0v) is 22.5. The molecule has 0 spiro atoms. The number of likely N-dealkylation sites (N-methyl/N-ethyl adjacent to an activating group) is 1. The molecule has 2 aromatic carbocycles. The Bertz CT molecular complexity index is 1810. The smallest absolute Gasteiger partial charge is 0.367 e. The van der Waals surface area contributed by atoms with Crippen LogP contribution in [0.3, 0.4) is 0 Å². The van der Waals surface area contributed by atoms with E-state index in [0.29, 0.717) is 36.9 Å². The van der Waals surface area contributed by atoms with E-state index in [1.807, 2.05) is 11.9 Å². The molecule has 0 amide bonds. The fraction of sp³-hybridized carbons (Fsp3) is 0.231. The standard InChI is InChI=1S/C26H21Cl2F3N8O/c1-36-8-10-37(11-9-36)21-17(26(29,30)31)12-15(13-19(21)28)34-24-33-14-16-22(35-24)38-7-6-32-25(38)39(23(16)40)20-5-3-2-4-18(20)27/h2-7,12-14H,8-11H2,1H3,(H,33,34,35). The summed E-state index contributed by atoms with van der Waals surface area (Å²) in [5.74, 6) is 0.239. The minimum Gasteiger partial charge on any atom is -0.367 e. The molecule has 14 heteroatoms. The largest absolute Gasteiger partial charge is 0.418 e. The molecule has 0 saturated carbocycles. The Morgan fingerprint density at radius 1 is 1.00 bits per heavy atom. The predicted octanol–water partition coefficient (Wildman–Crippen LogP) is 5.25. The zero-order chi connectivity index (χ0) is 28.2. The molecule has 1 saturated heterocycles. The van der Waals surface area contributed by atoms with Crippen LogP contribution in [0.1, 0.15) is 5.56 Å². The molecule has 4 heterocycles. The quantitative estimate of drug-likeness (QED) is 0.307. The summed E-state index contributed by atoms with van der Waals surface area (Å²) in [6, 6.07) is 9.25. The highest BCUT2D eigenvalue weighted by Gasteiger charge is 2.37. The fourth-order valence-electron chi connectivity index (χ4n) is 4.82. The van der Waals surface area contributed by atoms with Gasteiger partial charge in [-0.25, -0.2) is 14.5 Å². The van der Waals surface area contributed by atoms with Crippen molar-refractivity contribution < 1.29 is 13.2 Å². The molecule has 3 aromatic heterocycles. The molecule has 0 unspecified atom stereocenters. The van der Waals surface area contributed by atoms with Gasteiger partial charge in [0.2, 0.25) is 11.7 Å². The summed E-state index contributed by atoms with van der Waals surface area (Å²) < 4.78 is 45.4. The summed E-state index contributed by atoms with van der Waals surface area (Å²) >= 11 is 12.8. The average Bonchev–Trinajstić information content (AvgIpc) is 3.40. The van der Waals surface area contributed by atoms with Crippen LogP contribution in [0, 0.1) is 0 Å². The summed E-state index contributed by atoms with van der Waals surface area (Å²) in [6.07, 6.45) is -0.213. The van der Waals surface area contributed by atoms with Gasteiger partial charge in [0, 0.05) is 50.5 Å². The van der Waals surface area contributed by atoms with Gasteiger partial charge in [-0.2, -0.15) is 18.2 Å². The summed E-state index contributed by atoms with van der Waals surface area (Å²) in [4.78, 5) is 30.1. The summed E-state index contributed by atoms with van der Waals surface area (Å²) in [7, 11) is 1.92. The van der Waals surface area contributed by atoms with E-state index < -0.39 is 17.3 Å². The van der Waals surface area contributed by atoms with Gasteiger partial charge in [0.15, 0.2) is 5.65 Å². The molecule has 1 aliphatic heterocycles. The van der Waals surface area contributed by atoms with Gasteiger partial charge >= 0.3 is 6.18 Å². The van der Waals surface area contributed by atoms with E-state index in [1.54, 1.807) is 39.8 Å². The lowest BCUT2D eigenvalue weighted by Gasteiger charge is -2.36. The third-order valence-corrected chi connectivity index (χ3v) is 7.40. The van der Waals surface area contributed by atoms with E-state index in [1.165, 1.54) is 23.0 Å². The van der Waals surface area contributed by atoms with Crippen molar-refractivity contribution in [1.29, 1.82) is 0 Å². The molecule has 206 valence electrons. The fourth-order valence-corrected chi connectivity index (χ4v) is 5.38. The van der Waals surface area contributed by atoms with Crippen LogP contribution in [0.25, 0.3) is 22.5 Å². The van der Waals surface area contributed by atoms with Gasteiger partial charge in [-0.1, -0.05) is 35.3 Å². The van der Waals surface area contributed by atoms with E-state index in [2.05, 4.69) is 20.3 Å². The van der Waals surface area contributed by atoms with Crippen LogP contribution in [0.15, 0.2) is 59.8 Å². The number of imidazole rings is 1. The van der Waals surface area contributed by atoms with Gasteiger partial charge < -0.3 is 15.1 Å². The van der Waals surface area contributed by atoms with Gasteiger partial charge in [0.25, 0.3) is 5.56 Å². The molecular formula is C26H21Cl2F3N8O. The Kier molecular flexibility index (Phi) is 6.56. The highest BCUT2D eigenvalue weighted by molar-refractivity contribution is 6.34. The van der Waals surface area contributed by atoms with Crippen molar-refractivity contribution in [3.05, 3.63) is 81.0 Å². The van der Waals surface area contributed by atoms with E-state index in [4.69, 9.17) is 23.2 Å². The number of anilines is 3. The third-order valence-electron chi connectivity index (χ3n) is 6.79. The van der Waals surface area contributed by atoms with Gasteiger partial charge in [-0.15, -0.1) is 0 Å². The molecule has 0 aliphatic carbocycles. The first kappa shape index (κ1) is 26.4. The molecule has 1 aliphatic rings. The van der Waals surface area contributed by atoms with Crippen LogP contribution in [-0.4, -0.2) is 62.0 Å². The maximum absolute atomic E-state index is 14.2. The first-order chi connectivity index (χ1) is 19.1. The lowest BCUT2D eigenvalue weighted by Crippen LogP contribution is -2.45. The van der Waals surface area contributed by atoms with Crippen molar-refractivity contribution in [3.8, 4) is 5.69 Å². The normalized spacial score (nSPS) is 14.8. The van der Waals surface area contributed by atoms with Crippen molar-refractivity contribution in [3.63, 3.8) is 0 Å². The molecule has 40 heavy (non-hydrogen) atoms. The minimum atomic E-state index is -4.64. The zero-order valence-electron chi connectivity index (χ0n) is 21.0. The van der Waals surface area contributed by atoms with Crippen LogP contribution >= 0.6 is 23.2 Å². The van der Waals surface area contributed by atoms with Crippen molar-refractivity contribution in [2.75, 3.05) is 43.4 Å². The van der Waals surface area contributed by atoms with Crippen molar-refractivity contribution in [1.82, 2.24) is 28.8 Å². The van der Waals surface area contributed by atoms with Crippen LogP contribution in [0.4, 0.5) is 30.5 Å². The number of aromatic nitrogens is 5. The second kappa shape index (κ2) is 9.95. The van der Waals surface area contributed by atoms with E-state index in [0.717, 1.165) is 6.07 Å². The molecule has 5 aromatic rings. The number of hydrogen-bond acceptors (Lipinski definition) is 7. The molecular weight excluding hydrogens is 568 g/mol. The second-order valence-corrected chi connectivity index (χ2v) is 10.2. The Balaban J connectivity index is 1.43. The molecule has 0 radical (unpaired) electrons. The number of rotatable bonds is 4. The number of hydrogen-bond donors (Lipinski definition) is 1. The van der Waals surface area contributed by atoms with Gasteiger partial charge in [-0.3, -0.25) is 9.20 Å². The minimum absolute atomic E-state index is 0.0195. The van der Waals surface area contributed by atoms with Crippen LogP contribution in [-0.2, 0) is 6.18 Å². The highest BCUT2D eigenvalue weighted by atomic mass is 35.5. The lowest BCUT2D eigenvalue weighted by atomic mass is 10.1. The van der Waals surface area contributed by atoms with Crippen molar-refractivity contribution >= 4 is 57.3 Å². The van der Waals surface area contributed by atoms with Gasteiger partial charge in [0.05, 0.1) is 27.0 Å². The van der Waals surface area contributed by atoms with Crippen LogP contribution < -0.4 is 15.8 Å². The Labute approximate surface area is 235 Å². The van der Waals surface area contributed by atoms with Crippen molar-refractivity contribution in [2.45, 2.75) is 6.18 Å². The molecule has 1 fully saturated rings. The Hall–Kier alpha value is -3.87. The number of halogens is 5. The third kappa shape index (κ3) is 4.61. The molecule has 6 rings (SSSR count). The maximum atomic E-state index is 14.2. The predicted molar refractivity (Wildman–Crippen MR) is 148 cm³/mol. The monoisotopic (exact) mass is 588 g/mol. The molecule has 1 N–H and O–H groups in total. The SMILES string of the molecule is CN1CCN(c2c(Cl)cc(Nc3ncc4c(=O)n(-c5ccccc5Cl)c5nccn5c4n3)cc2C(F)(F)F)CC1. The first-order valence-corrected chi connectivity index (χ1v) is 13.0. The van der Waals surface area contributed by atoms with Crippen LogP contribution in [0.2, 0.25) is 10.0 Å². The topological polar surface area (TPSA) is 83.6 Å². The maximum Gasteiger partial charge on any atom is 0.418 e. The number of alkyl halides is 3. The number of benzene rings is 2.